The lowest BCUT2D eigenvalue weighted by molar-refractivity contribution is -0.141. The maximum Gasteiger partial charge on any atom is 0.325 e. The summed E-state index contributed by atoms with van der Waals surface area (Å²) in [6, 6.07) is 23.3. The van der Waals surface area contributed by atoms with Crippen molar-refractivity contribution < 1.29 is 14.3 Å². The number of carbonyl (C=O) groups excluding carboxylic acids is 2. The van der Waals surface area contributed by atoms with Crippen LogP contribution in [0.2, 0.25) is 0 Å². The van der Waals surface area contributed by atoms with Crippen molar-refractivity contribution in [2.75, 3.05) is 13.2 Å². The molecule has 1 N–H and O–H groups in total. The van der Waals surface area contributed by atoms with Crippen LogP contribution in [0.5, 0.6) is 0 Å². The summed E-state index contributed by atoms with van der Waals surface area (Å²) in [5.74, 6) is 0.451. The highest BCUT2D eigenvalue weighted by Crippen LogP contribution is 2.38. The average Bonchev–Trinajstić information content (AvgIpc) is 3.49. The lowest BCUT2D eigenvalue weighted by Gasteiger charge is -2.31. The van der Waals surface area contributed by atoms with Crippen molar-refractivity contribution in [3.63, 3.8) is 0 Å². The van der Waals surface area contributed by atoms with Gasteiger partial charge in [0, 0.05) is 11.8 Å². The van der Waals surface area contributed by atoms with Crippen LogP contribution >= 0.6 is 0 Å². The molecule has 4 aromatic rings. The predicted molar refractivity (Wildman–Crippen MR) is 136 cm³/mol. The van der Waals surface area contributed by atoms with Gasteiger partial charge in [0.2, 0.25) is 0 Å². The number of carbonyl (C=O) groups is 2. The van der Waals surface area contributed by atoms with Crippen LogP contribution in [-0.2, 0) is 22.5 Å². The van der Waals surface area contributed by atoms with Crippen LogP contribution in [0, 0.1) is 0 Å². The smallest absolute Gasteiger partial charge is 0.325 e. The number of nitrogens with zero attached hydrogens (tertiary/aromatic N) is 4. The molecule has 8 nitrogen and oxygen atoms in total. The number of urea groups is 1. The number of hydrogen-bond acceptors (Lipinski definition) is 4. The molecular formula is C28H29N5O3. The van der Waals surface area contributed by atoms with E-state index in [0.29, 0.717) is 13.0 Å². The molecule has 0 spiro atoms. The molecule has 0 radical (unpaired) electrons. The van der Waals surface area contributed by atoms with Gasteiger partial charge in [-0.15, -0.1) is 0 Å². The topological polar surface area (TPSA) is 81.4 Å². The summed E-state index contributed by atoms with van der Waals surface area (Å²) in [5, 5.41) is 7.72. The van der Waals surface area contributed by atoms with E-state index < -0.39 is 5.97 Å². The van der Waals surface area contributed by atoms with E-state index in [0.717, 1.165) is 34.0 Å². The van der Waals surface area contributed by atoms with Gasteiger partial charge in [-0.1, -0.05) is 55.5 Å². The third-order valence-electron chi connectivity index (χ3n) is 6.37. The molecule has 0 bridgehead atoms. The number of esters is 1. The van der Waals surface area contributed by atoms with Crippen LogP contribution < -0.4 is 5.32 Å². The molecule has 36 heavy (non-hydrogen) atoms. The maximum absolute atomic E-state index is 13.6. The number of ether oxygens (including phenoxy) is 1. The number of amides is 2. The third-order valence-corrected chi connectivity index (χ3v) is 6.37. The molecule has 3 heterocycles. The van der Waals surface area contributed by atoms with Crippen molar-refractivity contribution in [1.29, 1.82) is 0 Å². The third kappa shape index (κ3) is 4.26. The fraction of sp³-hybridized carbons (Fsp3) is 0.250. The van der Waals surface area contributed by atoms with Gasteiger partial charge in [0.05, 0.1) is 36.3 Å². The summed E-state index contributed by atoms with van der Waals surface area (Å²) in [6.45, 7) is 4.22. The molecule has 184 valence electrons. The second-order valence-electron chi connectivity index (χ2n) is 8.56. The Kier molecular flexibility index (Phi) is 6.58. The number of aromatic nitrogens is 3. The van der Waals surface area contributed by atoms with E-state index in [1.807, 2.05) is 83.7 Å². The SMILES string of the molecule is CCOC(=O)CNC(=O)N1Cc2c(CC)nn(-c3ccccc3)c2-n2cccc2[C@@H]1c1ccccc1. The van der Waals surface area contributed by atoms with Gasteiger partial charge < -0.3 is 19.5 Å². The quantitative estimate of drug-likeness (QED) is 0.412. The highest BCUT2D eigenvalue weighted by atomic mass is 16.5. The molecule has 5 rings (SSSR count). The average molecular weight is 484 g/mol. The van der Waals surface area contributed by atoms with E-state index in [1.165, 1.54) is 0 Å². The van der Waals surface area contributed by atoms with Crippen molar-refractivity contribution in [2.24, 2.45) is 0 Å². The van der Waals surface area contributed by atoms with Gasteiger partial charge in [-0.05, 0) is 43.2 Å². The Hall–Kier alpha value is -4.33. The first-order chi connectivity index (χ1) is 17.6. The first-order valence-electron chi connectivity index (χ1n) is 12.2. The molecule has 8 heteroatoms. The highest BCUT2D eigenvalue weighted by molar-refractivity contribution is 5.81. The Morgan fingerprint density at radius 3 is 2.42 bits per heavy atom. The van der Waals surface area contributed by atoms with Crippen molar-refractivity contribution in [2.45, 2.75) is 32.9 Å². The summed E-state index contributed by atoms with van der Waals surface area (Å²) in [4.78, 5) is 27.4. The zero-order valence-electron chi connectivity index (χ0n) is 20.4. The molecule has 1 aliphatic rings. The lowest BCUT2D eigenvalue weighted by atomic mass is 10.0. The number of nitrogens with one attached hydrogen (secondary N) is 1. The van der Waals surface area contributed by atoms with Crippen LogP contribution in [0.3, 0.4) is 0 Å². The predicted octanol–water partition coefficient (Wildman–Crippen LogP) is 4.40. The van der Waals surface area contributed by atoms with Crippen LogP contribution in [0.15, 0.2) is 79.0 Å². The molecule has 0 saturated heterocycles. The molecule has 0 fully saturated rings. The summed E-state index contributed by atoms with van der Waals surface area (Å²) in [5.41, 5.74) is 4.76. The van der Waals surface area contributed by atoms with E-state index in [2.05, 4.69) is 16.8 Å². The second-order valence-corrected chi connectivity index (χ2v) is 8.56. The Labute approximate surface area is 210 Å². The van der Waals surface area contributed by atoms with E-state index in [-0.39, 0.29) is 25.2 Å². The molecule has 0 unspecified atom stereocenters. The van der Waals surface area contributed by atoms with Crippen molar-refractivity contribution in [3.8, 4) is 11.5 Å². The number of benzene rings is 2. The van der Waals surface area contributed by atoms with Crippen molar-refractivity contribution in [1.82, 2.24) is 24.6 Å². The molecule has 2 aromatic heterocycles. The molecule has 2 aromatic carbocycles. The minimum atomic E-state index is -0.466. The van der Waals surface area contributed by atoms with Gasteiger partial charge in [0.25, 0.3) is 0 Å². The van der Waals surface area contributed by atoms with E-state index in [1.54, 1.807) is 11.8 Å². The van der Waals surface area contributed by atoms with Gasteiger partial charge in [-0.25, -0.2) is 9.48 Å². The standard InChI is InChI=1S/C28H29N5O3/c1-3-23-22-19-32(28(35)29-18-25(34)36-4-2)26(20-12-7-5-8-13-20)24-16-11-17-31(24)27(22)33(30-23)21-14-9-6-10-15-21/h5-17,26H,3-4,18-19H2,1-2H3,(H,29,35)/t26-/m0/s1. The fourth-order valence-electron chi connectivity index (χ4n) is 4.80. The summed E-state index contributed by atoms with van der Waals surface area (Å²) in [6.07, 6.45) is 2.73. The lowest BCUT2D eigenvalue weighted by Crippen LogP contribution is -2.44. The number of para-hydroxylation sites is 1. The Balaban J connectivity index is 1.66. The Morgan fingerprint density at radius 1 is 1.00 bits per heavy atom. The minimum Gasteiger partial charge on any atom is -0.465 e. The summed E-state index contributed by atoms with van der Waals surface area (Å²) >= 11 is 0. The molecule has 0 saturated carbocycles. The van der Waals surface area contributed by atoms with Gasteiger partial charge in [-0.2, -0.15) is 5.10 Å². The molecular weight excluding hydrogens is 454 g/mol. The minimum absolute atomic E-state index is 0.192. The van der Waals surface area contributed by atoms with E-state index in [9.17, 15) is 9.59 Å². The maximum atomic E-state index is 13.6. The summed E-state index contributed by atoms with van der Waals surface area (Å²) < 4.78 is 9.10. The van der Waals surface area contributed by atoms with Crippen molar-refractivity contribution in [3.05, 3.63) is 102 Å². The highest BCUT2D eigenvalue weighted by Gasteiger charge is 2.36. The normalized spacial score (nSPS) is 14.5. The first-order valence-corrected chi connectivity index (χ1v) is 12.2. The fourth-order valence-corrected chi connectivity index (χ4v) is 4.80. The van der Waals surface area contributed by atoms with Crippen LogP contribution in [0.25, 0.3) is 11.5 Å². The number of rotatable bonds is 6. The van der Waals surface area contributed by atoms with Gasteiger partial charge in [0.1, 0.15) is 12.4 Å². The van der Waals surface area contributed by atoms with E-state index in [4.69, 9.17) is 9.84 Å². The zero-order valence-corrected chi connectivity index (χ0v) is 20.4. The van der Waals surface area contributed by atoms with Crippen molar-refractivity contribution >= 4 is 12.0 Å². The first kappa shape index (κ1) is 23.4. The van der Waals surface area contributed by atoms with Crippen LogP contribution in [0.1, 0.15) is 42.4 Å². The van der Waals surface area contributed by atoms with E-state index >= 15 is 0 Å². The number of aryl methyl sites for hydroxylation is 1. The summed E-state index contributed by atoms with van der Waals surface area (Å²) in [7, 11) is 0. The Morgan fingerprint density at radius 2 is 1.72 bits per heavy atom. The number of hydrogen-bond donors (Lipinski definition) is 1. The number of fused-ring (bicyclic) bond motifs is 3. The molecule has 1 aliphatic heterocycles. The molecule has 2 amide bonds. The van der Waals surface area contributed by atoms with Crippen LogP contribution in [0.4, 0.5) is 4.79 Å². The monoisotopic (exact) mass is 483 g/mol. The van der Waals surface area contributed by atoms with Gasteiger partial charge in [0.15, 0.2) is 0 Å². The van der Waals surface area contributed by atoms with Gasteiger partial charge >= 0.3 is 12.0 Å². The zero-order chi connectivity index (χ0) is 25.1. The second kappa shape index (κ2) is 10.1. The van der Waals surface area contributed by atoms with Crippen LogP contribution in [-0.4, -0.2) is 44.4 Å². The molecule has 1 atom stereocenters. The van der Waals surface area contributed by atoms with Gasteiger partial charge in [-0.3, -0.25) is 4.79 Å². The molecule has 0 aliphatic carbocycles. The largest absolute Gasteiger partial charge is 0.465 e. The Bertz CT molecular complexity index is 1360.